The summed E-state index contributed by atoms with van der Waals surface area (Å²) >= 11 is 1.38. The summed E-state index contributed by atoms with van der Waals surface area (Å²) in [6.45, 7) is 5.96. The van der Waals surface area contributed by atoms with Gasteiger partial charge in [-0.25, -0.2) is 9.98 Å². The monoisotopic (exact) mass is 330 g/mol. The molecule has 5 nitrogen and oxygen atoms in total. The molecule has 2 rings (SSSR count). The zero-order chi connectivity index (χ0) is 17.1. The Balaban J connectivity index is 2.70. The SMILES string of the molecule is C/C=C(\C)N(C)C(C)=Nc1c(C=O)sc2nccc(N(C)C)c12. The molecule has 0 fully saturated rings. The summed E-state index contributed by atoms with van der Waals surface area (Å²) < 4.78 is 0. The molecule has 0 amide bonds. The van der Waals surface area contributed by atoms with E-state index in [0.717, 1.165) is 33.7 Å². The minimum atomic E-state index is 0.604. The van der Waals surface area contributed by atoms with Crippen LogP contribution in [0.3, 0.4) is 0 Å². The van der Waals surface area contributed by atoms with Gasteiger partial charge in [0.05, 0.1) is 21.6 Å². The molecule has 0 saturated heterocycles. The van der Waals surface area contributed by atoms with Crippen LogP contribution in [0.5, 0.6) is 0 Å². The van der Waals surface area contributed by atoms with Crippen molar-refractivity contribution in [3.8, 4) is 0 Å². The number of aliphatic imine (C=N–C) groups is 1. The lowest BCUT2D eigenvalue weighted by molar-refractivity contribution is 0.112. The summed E-state index contributed by atoms with van der Waals surface area (Å²) in [6, 6.07) is 1.94. The largest absolute Gasteiger partial charge is 0.377 e. The first-order chi connectivity index (χ1) is 10.9. The molecule has 0 unspecified atom stereocenters. The second-order valence-corrected chi connectivity index (χ2v) is 6.52. The molecular weight excluding hydrogens is 308 g/mol. The van der Waals surface area contributed by atoms with E-state index in [2.05, 4.69) is 4.98 Å². The Morgan fingerprint density at radius 3 is 2.57 bits per heavy atom. The predicted molar refractivity (Wildman–Crippen MR) is 99.3 cm³/mol. The number of pyridine rings is 1. The van der Waals surface area contributed by atoms with E-state index < -0.39 is 0 Å². The highest BCUT2D eigenvalue weighted by Crippen LogP contribution is 2.41. The Morgan fingerprint density at radius 2 is 2.00 bits per heavy atom. The summed E-state index contributed by atoms with van der Waals surface area (Å²) in [4.78, 5) is 26.1. The number of amidine groups is 1. The molecule has 0 aliphatic carbocycles. The highest BCUT2D eigenvalue weighted by atomic mass is 32.1. The second kappa shape index (κ2) is 6.91. The number of hydrogen-bond donors (Lipinski definition) is 0. The fourth-order valence-electron chi connectivity index (χ4n) is 2.26. The number of rotatable bonds is 4. The van der Waals surface area contributed by atoms with Crippen LogP contribution in [0.4, 0.5) is 11.4 Å². The number of carbonyl (C=O) groups is 1. The third-order valence-electron chi connectivity index (χ3n) is 3.87. The molecule has 2 aromatic rings. The quantitative estimate of drug-likeness (QED) is 0.481. The molecule has 0 N–H and O–H groups in total. The first-order valence-corrected chi connectivity index (χ1v) is 8.18. The van der Waals surface area contributed by atoms with Crippen molar-refractivity contribution in [2.24, 2.45) is 4.99 Å². The maximum absolute atomic E-state index is 11.5. The Hall–Kier alpha value is -2.21. The summed E-state index contributed by atoms with van der Waals surface area (Å²) in [7, 11) is 5.92. The lowest BCUT2D eigenvalue weighted by Crippen LogP contribution is -2.21. The van der Waals surface area contributed by atoms with Gasteiger partial charge >= 0.3 is 0 Å². The highest BCUT2D eigenvalue weighted by molar-refractivity contribution is 7.21. The first kappa shape index (κ1) is 17.1. The highest BCUT2D eigenvalue weighted by Gasteiger charge is 2.17. The Morgan fingerprint density at radius 1 is 1.30 bits per heavy atom. The number of allylic oxidation sites excluding steroid dienone is 2. The number of thiophene rings is 1. The predicted octanol–water partition coefficient (Wildman–Crippen LogP) is 4.08. The van der Waals surface area contributed by atoms with E-state index in [-0.39, 0.29) is 0 Å². The van der Waals surface area contributed by atoms with E-state index >= 15 is 0 Å². The van der Waals surface area contributed by atoms with Gasteiger partial charge in [-0.05, 0) is 26.8 Å². The third kappa shape index (κ3) is 3.27. The first-order valence-electron chi connectivity index (χ1n) is 7.36. The molecule has 23 heavy (non-hydrogen) atoms. The molecule has 0 aliphatic rings. The van der Waals surface area contributed by atoms with Crippen LogP contribution in [0, 0.1) is 0 Å². The molecule has 0 aromatic carbocycles. The normalized spacial score (nSPS) is 12.6. The van der Waals surface area contributed by atoms with Gasteiger partial charge in [-0.3, -0.25) is 4.79 Å². The fourth-order valence-corrected chi connectivity index (χ4v) is 3.18. The molecule has 0 bridgehead atoms. The minimum absolute atomic E-state index is 0.604. The third-order valence-corrected chi connectivity index (χ3v) is 4.88. The Labute approximate surface area is 141 Å². The number of hydrogen-bond acceptors (Lipinski definition) is 5. The van der Waals surface area contributed by atoms with Crippen LogP contribution < -0.4 is 4.90 Å². The van der Waals surface area contributed by atoms with Gasteiger partial charge in [-0.15, -0.1) is 11.3 Å². The Bertz CT molecular complexity index is 789. The molecule has 122 valence electrons. The van der Waals surface area contributed by atoms with Crippen LogP contribution in [0.25, 0.3) is 10.2 Å². The Kier molecular flexibility index (Phi) is 5.15. The van der Waals surface area contributed by atoms with Gasteiger partial charge in [0.2, 0.25) is 0 Å². The molecule has 2 heterocycles. The maximum atomic E-state index is 11.5. The van der Waals surface area contributed by atoms with E-state index in [1.165, 1.54) is 11.3 Å². The lowest BCUT2D eigenvalue weighted by atomic mass is 10.2. The van der Waals surface area contributed by atoms with Crippen molar-refractivity contribution in [1.29, 1.82) is 0 Å². The number of aromatic nitrogens is 1. The summed E-state index contributed by atoms with van der Waals surface area (Å²) in [5, 5.41) is 0.926. The van der Waals surface area contributed by atoms with Gasteiger partial charge in [-0.1, -0.05) is 6.08 Å². The topological polar surface area (TPSA) is 48.8 Å². The molecule has 6 heteroatoms. The number of carbonyl (C=O) groups excluding carboxylic acids is 1. The molecule has 0 radical (unpaired) electrons. The molecular formula is C17H22N4OS. The average molecular weight is 330 g/mol. The van der Waals surface area contributed by atoms with Gasteiger partial charge in [-0.2, -0.15) is 0 Å². The zero-order valence-corrected chi connectivity index (χ0v) is 15.2. The van der Waals surface area contributed by atoms with Crippen molar-refractivity contribution in [2.45, 2.75) is 20.8 Å². The number of anilines is 1. The summed E-state index contributed by atoms with van der Waals surface area (Å²) in [5.74, 6) is 0.831. The van der Waals surface area contributed by atoms with Crippen molar-refractivity contribution < 1.29 is 4.79 Å². The molecule has 0 aliphatic heterocycles. The van der Waals surface area contributed by atoms with Gasteiger partial charge in [0.1, 0.15) is 10.7 Å². The molecule has 0 saturated carbocycles. The second-order valence-electron chi connectivity index (χ2n) is 5.49. The maximum Gasteiger partial charge on any atom is 0.162 e. The smallest absolute Gasteiger partial charge is 0.162 e. The summed E-state index contributed by atoms with van der Waals surface area (Å²) in [6.07, 6.45) is 4.65. The minimum Gasteiger partial charge on any atom is -0.377 e. The van der Waals surface area contributed by atoms with Crippen molar-refractivity contribution in [1.82, 2.24) is 9.88 Å². The molecule has 2 aromatic heterocycles. The fraction of sp³-hybridized carbons (Fsp3) is 0.353. The number of aldehydes is 1. The van der Waals surface area contributed by atoms with E-state index in [9.17, 15) is 4.79 Å². The molecule has 0 spiro atoms. The number of fused-ring (bicyclic) bond motifs is 1. The molecule has 0 atom stereocenters. The van der Waals surface area contributed by atoms with E-state index in [1.54, 1.807) is 6.20 Å². The van der Waals surface area contributed by atoms with Crippen molar-refractivity contribution in [3.05, 3.63) is 28.9 Å². The van der Waals surface area contributed by atoms with E-state index in [4.69, 9.17) is 4.99 Å². The standard InChI is InChI=1S/C17H22N4OS/c1-7-11(2)21(6)12(3)19-16-14(10-22)23-17-15(16)13(20(4)5)8-9-18-17/h7-10H,1-6H3/b11-7+,19-12?. The van der Waals surface area contributed by atoms with Crippen LogP contribution in [-0.4, -0.2) is 43.1 Å². The van der Waals surface area contributed by atoms with Crippen LogP contribution in [0.15, 0.2) is 29.0 Å². The van der Waals surface area contributed by atoms with E-state index in [1.807, 2.05) is 63.9 Å². The van der Waals surface area contributed by atoms with Gasteiger partial charge in [0.15, 0.2) is 6.29 Å². The van der Waals surface area contributed by atoms with Crippen molar-refractivity contribution in [3.63, 3.8) is 0 Å². The van der Waals surface area contributed by atoms with Crippen LogP contribution in [-0.2, 0) is 0 Å². The van der Waals surface area contributed by atoms with Crippen LogP contribution >= 0.6 is 11.3 Å². The lowest BCUT2D eigenvalue weighted by Gasteiger charge is -2.19. The van der Waals surface area contributed by atoms with Crippen LogP contribution in [0.1, 0.15) is 30.4 Å². The van der Waals surface area contributed by atoms with E-state index in [0.29, 0.717) is 10.6 Å². The van der Waals surface area contributed by atoms with Gasteiger partial charge in [0.25, 0.3) is 0 Å². The average Bonchev–Trinajstić information content (AvgIpc) is 2.90. The van der Waals surface area contributed by atoms with Crippen molar-refractivity contribution in [2.75, 3.05) is 26.0 Å². The zero-order valence-electron chi connectivity index (χ0n) is 14.4. The van der Waals surface area contributed by atoms with Gasteiger partial charge < -0.3 is 9.80 Å². The summed E-state index contributed by atoms with van der Waals surface area (Å²) in [5.41, 5.74) is 2.81. The van der Waals surface area contributed by atoms with Crippen molar-refractivity contribution >= 4 is 45.0 Å². The number of nitrogens with zero attached hydrogens (tertiary/aromatic N) is 4. The van der Waals surface area contributed by atoms with Gasteiger partial charge in [0, 0.05) is 33.0 Å². The van der Waals surface area contributed by atoms with Crippen LogP contribution in [0.2, 0.25) is 0 Å².